The van der Waals surface area contributed by atoms with Gasteiger partial charge in [0.2, 0.25) is 5.91 Å². The van der Waals surface area contributed by atoms with E-state index in [4.69, 9.17) is 5.11 Å². The standard InChI is InChI=1S/C22H24N2O4/c25-19-11-4-5-14-24(19)21(17-8-2-1-3-9-17)22(28)23-18-10-6-7-16(15-18)12-13-20(26)27/h1-3,6-10,15,21H,4-5,11-14H2,(H,23,28)(H,26,27). The minimum absolute atomic E-state index is 0.00883. The Morgan fingerprint density at radius 1 is 1.07 bits per heavy atom. The number of carbonyl (C=O) groups excluding carboxylic acids is 2. The first-order chi connectivity index (χ1) is 13.5. The molecular weight excluding hydrogens is 356 g/mol. The van der Waals surface area contributed by atoms with E-state index < -0.39 is 12.0 Å². The van der Waals surface area contributed by atoms with Crippen LogP contribution in [0.3, 0.4) is 0 Å². The summed E-state index contributed by atoms with van der Waals surface area (Å²) in [6, 6.07) is 15.8. The van der Waals surface area contributed by atoms with Crippen molar-refractivity contribution in [3.05, 3.63) is 65.7 Å². The van der Waals surface area contributed by atoms with Gasteiger partial charge in [0.15, 0.2) is 0 Å². The highest BCUT2D eigenvalue weighted by molar-refractivity contribution is 5.98. The number of rotatable bonds is 7. The zero-order chi connectivity index (χ0) is 19.9. The Labute approximate surface area is 164 Å². The summed E-state index contributed by atoms with van der Waals surface area (Å²) in [6.45, 7) is 0.560. The maximum atomic E-state index is 13.1. The number of anilines is 1. The number of carbonyl (C=O) groups is 3. The lowest BCUT2D eigenvalue weighted by Gasteiger charge is -2.34. The molecule has 0 radical (unpaired) electrons. The van der Waals surface area contributed by atoms with Gasteiger partial charge in [-0.1, -0.05) is 42.5 Å². The molecule has 1 aliphatic rings. The Morgan fingerprint density at radius 3 is 2.57 bits per heavy atom. The van der Waals surface area contributed by atoms with E-state index in [0.717, 1.165) is 24.0 Å². The van der Waals surface area contributed by atoms with E-state index in [2.05, 4.69) is 5.32 Å². The van der Waals surface area contributed by atoms with Crippen molar-refractivity contribution in [3.63, 3.8) is 0 Å². The van der Waals surface area contributed by atoms with Crippen LogP contribution >= 0.6 is 0 Å². The highest BCUT2D eigenvalue weighted by atomic mass is 16.4. The molecule has 0 bridgehead atoms. The van der Waals surface area contributed by atoms with Crippen LogP contribution in [0.4, 0.5) is 5.69 Å². The number of nitrogens with one attached hydrogen (secondary N) is 1. The van der Waals surface area contributed by atoms with Gasteiger partial charge in [0.1, 0.15) is 6.04 Å². The molecule has 2 amide bonds. The SMILES string of the molecule is O=C(O)CCc1cccc(NC(=O)C(c2ccccc2)N2CCCCC2=O)c1. The second kappa shape index (κ2) is 9.17. The van der Waals surface area contributed by atoms with Gasteiger partial charge in [-0.15, -0.1) is 0 Å². The number of likely N-dealkylation sites (tertiary alicyclic amines) is 1. The zero-order valence-corrected chi connectivity index (χ0v) is 15.6. The Bertz CT molecular complexity index is 851. The van der Waals surface area contributed by atoms with Gasteiger partial charge in [-0.2, -0.15) is 0 Å². The van der Waals surface area contributed by atoms with Crippen LogP contribution in [0.15, 0.2) is 54.6 Å². The lowest BCUT2D eigenvalue weighted by atomic mass is 10.00. The Morgan fingerprint density at radius 2 is 1.86 bits per heavy atom. The first kappa shape index (κ1) is 19.6. The molecule has 0 saturated carbocycles. The van der Waals surface area contributed by atoms with Crippen LogP contribution in [0.2, 0.25) is 0 Å². The summed E-state index contributed by atoms with van der Waals surface area (Å²) in [4.78, 5) is 38.0. The van der Waals surface area contributed by atoms with E-state index >= 15 is 0 Å². The zero-order valence-electron chi connectivity index (χ0n) is 15.6. The molecular formula is C22H24N2O4. The summed E-state index contributed by atoms with van der Waals surface area (Å²) >= 11 is 0. The average molecular weight is 380 g/mol. The maximum absolute atomic E-state index is 13.1. The summed E-state index contributed by atoms with van der Waals surface area (Å²) in [6.07, 6.45) is 2.62. The summed E-state index contributed by atoms with van der Waals surface area (Å²) in [5, 5.41) is 11.8. The predicted octanol–water partition coefficient (Wildman–Crippen LogP) is 3.40. The fourth-order valence-electron chi connectivity index (χ4n) is 3.47. The number of hydrogen-bond acceptors (Lipinski definition) is 3. The van der Waals surface area contributed by atoms with Crippen molar-refractivity contribution < 1.29 is 19.5 Å². The molecule has 1 heterocycles. The number of hydrogen-bond donors (Lipinski definition) is 2. The molecule has 2 aromatic rings. The van der Waals surface area contributed by atoms with Crippen LogP contribution in [0.1, 0.15) is 42.9 Å². The van der Waals surface area contributed by atoms with E-state index in [1.54, 1.807) is 23.1 Å². The first-order valence-electron chi connectivity index (χ1n) is 9.50. The van der Waals surface area contributed by atoms with Crippen molar-refractivity contribution in [2.24, 2.45) is 0 Å². The maximum Gasteiger partial charge on any atom is 0.303 e. The van der Waals surface area contributed by atoms with Crippen LogP contribution in [0.5, 0.6) is 0 Å². The second-order valence-corrected chi connectivity index (χ2v) is 6.94. The van der Waals surface area contributed by atoms with Crippen molar-refractivity contribution in [3.8, 4) is 0 Å². The normalized spacial score (nSPS) is 15.1. The summed E-state index contributed by atoms with van der Waals surface area (Å²) in [7, 11) is 0. The molecule has 1 atom stereocenters. The summed E-state index contributed by atoms with van der Waals surface area (Å²) in [5.74, 6) is -1.13. The van der Waals surface area contributed by atoms with E-state index in [0.29, 0.717) is 25.1 Å². The summed E-state index contributed by atoms with van der Waals surface area (Å²) in [5.41, 5.74) is 2.21. The van der Waals surface area contributed by atoms with Crippen molar-refractivity contribution >= 4 is 23.5 Å². The van der Waals surface area contributed by atoms with Gasteiger partial charge >= 0.3 is 5.97 Å². The molecule has 0 aliphatic carbocycles. The number of benzene rings is 2. The third kappa shape index (κ3) is 4.97. The number of amides is 2. The van der Waals surface area contributed by atoms with E-state index in [1.807, 2.05) is 36.4 Å². The smallest absolute Gasteiger partial charge is 0.303 e. The molecule has 28 heavy (non-hydrogen) atoms. The molecule has 2 aromatic carbocycles. The quantitative estimate of drug-likeness (QED) is 0.771. The van der Waals surface area contributed by atoms with Crippen LogP contribution in [-0.4, -0.2) is 34.3 Å². The van der Waals surface area contributed by atoms with Gasteiger partial charge in [0, 0.05) is 25.1 Å². The van der Waals surface area contributed by atoms with Gasteiger partial charge in [-0.05, 0) is 42.5 Å². The number of piperidine rings is 1. The van der Waals surface area contributed by atoms with E-state index in [-0.39, 0.29) is 18.2 Å². The number of aliphatic carboxylic acids is 1. The molecule has 1 saturated heterocycles. The third-order valence-corrected chi connectivity index (χ3v) is 4.86. The Hall–Kier alpha value is -3.15. The van der Waals surface area contributed by atoms with Crippen molar-refractivity contribution in [1.29, 1.82) is 0 Å². The number of aryl methyl sites for hydroxylation is 1. The fourth-order valence-corrected chi connectivity index (χ4v) is 3.47. The third-order valence-electron chi connectivity index (χ3n) is 4.86. The number of carboxylic acids is 1. The molecule has 1 aliphatic heterocycles. The van der Waals surface area contributed by atoms with Crippen LogP contribution < -0.4 is 5.32 Å². The van der Waals surface area contributed by atoms with Crippen LogP contribution in [0, 0.1) is 0 Å². The number of nitrogens with zero attached hydrogens (tertiary/aromatic N) is 1. The highest BCUT2D eigenvalue weighted by Gasteiger charge is 2.32. The average Bonchev–Trinajstić information content (AvgIpc) is 2.69. The van der Waals surface area contributed by atoms with Gasteiger partial charge < -0.3 is 15.3 Å². The van der Waals surface area contributed by atoms with Crippen LogP contribution in [0.25, 0.3) is 0 Å². The first-order valence-corrected chi connectivity index (χ1v) is 9.50. The molecule has 146 valence electrons. The fraction of sp³-hybridized carbons (Fsp3) is 0.318. The van der Waals surface area contributed by atoms with E-state index in [1.165, 1.54) is 0 Å². The van der Waals surface area contributed by atoms with Gasteiger partial charge in [-0.3, -0.25) is 14.4 Å². The molecule has 1 unspecified atom stereocenters. The lowest BCUT2D eigenvalue weighted by Crippen LogP contribution is -2.43. The molecule has 2 N–H and O–H groups in total. The Balaban J connectivity index is 1.81. The van der Waals surface area contributed by atoms with E-state index in [9.17, 15) is 14.4 Å². The van der Waals surface area contributed by atoms with Gasteiger partial charge in [0.25, 0.3) is 5.91 Å². The molecule has 6 nitrogen and oxygen atoms in total. The Kier molecular flexibility index (Phi) is 6.42. The predicted molar refractivity (Wildman–Crippen MR) is 106 cm³/mol. The van der Waals surface area contributed by atoms with Gasteiger partial charge in [0.05, 0.1) is 0 Å². The summed E-state index contributed by atoms with van der Waals surface area (Å²) < 4.78 is 0. The van der Waals surface area contributed by atoms with Crippen LogP contribution in [-0.2, 0) is 20.8 Å². The molecule has 0 aromatic heterocycles. The molecule has 3 rings (SSSR count). The van der Waals surface area contributed by atoms with Crippen molar-refractivity contribution in [2.75, 3.05) is 11.9 Å². The lowest BCUT2D eigenvalue weighted by molar-refractivity contribution is -0.141. The minimum atomic E-state index is -0.859. The molecule has 0 spiro atoms. The monoisotopic (exact) mass is 380 g/mol. The van der Waals surface area contributed by atoms with Crippen molar-refractivity contribution in [2.45, 2.75) is 38.1 Å². The topological polar surface area (TPSA) is 86.7 Å². The van der Waals surface area contributed by atoms with Gasteiger partial charge in [-0.25, -0.2) is 0 Å². The largest absolute Gasteiger partial charge is 0.481 e. The molecule has 1 fully saturated rings. The highest BCUT2D eigenvalue weighted by Crippen LogP contribution is 2.27. The molecule has 6 heteroatoms. The van der Waals surface area contributed by atoms with Crippen molar-refractivity contribution in [1.82, 2.24) is 4.90 Å². The number of carboxylic acid groups (broad SMARTS) is 1. The second-order valence-electron chi connectivity index (χ2n) is 6.94. The minimum Gasteiger partial charge on any atom is -0.481 e.